The molecule has 0 N–H and O–H groups in total. The standard InChI is InChI=1S/C13H25ClO/c1-3-4-5-6-7-8-9-12(2)10-11-13(14)15/h12H,3-11H2,1-2H3. The highest BCUT2D eigenvalue weighted by molar-refractivity contribution is 6.63. The monoisotopic (exact) mass is 232 g/mol. The van der Waals surface area contributed by atoms with Gasteiger partial charge in [0.1, 0.15) is 0 Å². The fourth-order valence-electron chi connectivity index (χ4n) is 1.78. The summed E-state index contributed by atoms with van der Waals surface area (Å²) < 4.78 is 0. The molecule has 0 amide bonds. The first-order valence-corrected chi connectivity index (χ1v) is 6.73. The van der Waals surface area contributed by atoms with Gasteiger partial charge in [0, 0.05) is 6.42 Å². The summed E-state index contributed by atoms with van der Waals surface area (Å²) in [6.07, 6.45) is 10.8. The van der Waals surface area contributed by atoms with Crippen LogP contribution in [0.5, 0.6) is 0 Å². The number of hydrogen-bond acceptors (Lipinski definition) is 1. The van der Waals surface area contributed by atoms with Crippen LogP contribution in [0.25, 0.3) is 0 Å². The Hall–Kier alpha value is -0.0400. The topological polar surface area (TPSA) is 17.1 Å². The van der Waals surface area contributed by atoms with Crippen LogP contribution in [0.3, 0.4) is 0 Å². The Balaban J connectivity index is 3.16. The van der Waals surface area contributed by atoms with E-state index in [0.29, 0.717) is 12.3 Å². The van der Waals surface area contributed by atoms with Crippen molar-refractivity contribution in [3.05, 3.63) is 0 Å². The van der Waals surface area contributed by atoms with E-state index in [1.165, 1.54) is 44.9 Å². The van der Waals surface area contributed by atoms with Crippen molar-refractivity contribution < 1.29 is 4.79 Å². The third kappa shape index (κ3) is 11.9. The smallest absolute Gasteiger partial charge is 0.221 e. The van der Waals surface area contributed by atoms with Crippen LogP contribution < -0.4 is 0 Å². The van der Waals surface area contributed by atoms with Gasteiger partial charge in [-0.25, -0.2) is 0 Å². The van der Waals surface area contributed by atoms with Gasteiger partial charge in [-0.05, 0) is 23.9 Å². The molecule has 0 saturated carbocycles. The predicted molar refractivity (Wildman–Crippen MR) is 67.3 cm³/mol. The number of unbranched alkanes of at least 4 members (excludes halogenated alkanes) is 5. The van der Waals surface area contributed by atoms with Crippen LogP contribution in [-0.4, -0.2) is 5.24 Å². The molecule has 0 aromatic carbocycles. The molecular weight excluding hydrogens is 208 g/mol. The Morgan fingerprint density at radius 3 is 2.27 bits per heavy atom. The van der Waals surface area contributed by atoms with Crippen molar-refractivity contribution in [1.82, 2.24) is 0 Å². The van der Waals surface area contributed by atoms with Gasteiger partial charge in [0.05, 0.1) is 0 Å². The molecule has 0 aromatic heterocycles. The minimum atomic E-state index is -0.190. The van der Waals surface area contributed by atoms with Crippen molar-refractivity contribution in [2.24, 2.45) is 5.92 Å². The molecule has 2 heteroatoms. The molecule has 0 saturated heterocycles. The zero-order valence-electron chi connectivity index (χ0n) is 10.2. The van der Waals surface area contributed by atoms with Gasteiger partial charge in [0.15, 0.2) is 0 Å². The van der Waals surface area contributed by atoms with Gasteiger partial charge in [-0.3, -0.25) is 4.79 Å². The van der Waals surface area contributed by atoms with Crippen molar-refractivity contribution in [1.29, 1.82) is 0 Å². The van der Waals surface area contributed by atoms with Crippen LogP contribution >= 0.6 is 11.6 Å². The van der Waals surface area contributed by atoms with Gasteiger partial charge < -0.3 is 0 Å². The summed E-state index contributed by atoms with van der Waals surface area (Å²) in [4.78, 5) is 10.6. The zero-order chi connectivity index (χ0) is 11.5. The first-order valence-electron chi connectivity index (χ1n) is 6.35. The maximum Gasteiger partial charge on any atom is 0.221 e. The van der Waals surface area contributed by atoms with E-state index in [-0.39, 0.29) is 5.24 Å². The van der Waals surface area contributed by atoms with Gasteiger partial charge in [0.25, 0.3) is 0 Å². The minimum Gasteiger partial charge on any atom is -0.281 e. The van der Waals surface area contributed by atoms with Crippen LogP contribution in [0.1, 0.15) is 71.6 Å². The van der Waals surface area contributed by atoms with E-state index >= 15 is 0 Å². The number of rotatable bonds is 10. The second-order valence-electron chi connectivity index (χ2n) is 4.56. The molecule has 0 aromatic rings. The summed E-state index contributed by atoms with van der Waals surface area (Å²) in [7, 11) is 0. The van der Waals surface area contributed by atoms with E-state index in [9.17, 15) is 4.79 Å². The highest BCUT2D eigenvalue weighted by Crippen LogP contribution is 2.16. The number of carbonyl (C=O) groups is 1. The maximum atomic E-state index is 10.6. The third-order valence-electron chi connectivity index (χ3n) is 2.88. The van der Waals surface area contributed by atoms with Crippen LogP contribution in [-0.2, 0) is 4.79 Å². The molecular formula is C13H25ClO. The number of hydrogen-bond donors (Lipinski definition) is 0. The van der Waals surface area contributed by atoms with Crippen LogP contribution in [0.2, 0.25) is 0 Å². The lowest BCUT2D eigenvalue weighted by Crippen LogP contribution is -1.97. The molecule has 0 heterocycles. The van der Waals surface area contributed by atoms with E-state index in [1.807, 2.05) is 0 Å². The molecule has 15 heavy (non-hydrogen) atoms. The van der Waals surface area contributed by atoms with Crippen molar-refractivity contribution in [2.75, 3.05) is 0 Å². The van der Waals surface area contributed by atoms with Crippen LogP contribution in [0.15, 0.2) is 0 Å². The quantitative estimate of drug-likeness (QED) is 0.386. The Morgan fingerprint density at radius 1 is 1.07 bits per heavy atom. The first-order chi connectivity index (χ1) is 7.16. The minimum absolute atomic E-state index is 0.190. The second kappa shape index (κ2) is 10.5. The van der Waals surface area contributed by atoms with Gasteiger partial charge in [-0.1, -0.05) is 58.8 Å². The molecule has 0 rings (SSSR count). The molecule has 1 nitrogen and oxygen atoms in total. The Morgan fingerprint density at radius 2 is 1.67 bits per heavy atom. The summed E-state index contributed by atoms with van der Waals surface area (Å²) in [5, 5.41) is -0.190. The summed E-state index contributed by atoms with van der Waals surface area (Å²) in [5.41, 5.74) is 0. The lowest BCUT2D eigenvalue weighted by molar-refractivity contribution is -0.111. The third-order valence-corrected chi connectivity index (χ3v) is 3.07. The molecule has 0 radical (unpaired) electrons. The molecule has 0 fully saturated rings. The predicted octanol–water partition coefficient (Wildman–Crippen LogP) is 4.92. The molecule has 0 spiro atoms. The Labute approximate surface area is 99.6 Å². The molecule has 0 aliphatic carbocycles. The fourth-order valence-corrected chi connectivity index (χ4v) is 1.89. The maximum absolute atomic E-state index is 10.6. The number of halogens is 1. The number of carbonyl (C=O) groups excluding carboxylic acids is 1. The van der Waals surface area contributed by atoms with Crippen molar-refractivity contribution >= 4 is 16.8 Å². The van der Waals surface area contributed by atoms with Crippen molar-refractivity contribution in [3.63, 3.8) is 0 Å². The molecule has 0 aliphatic rings. The van der Waals surface area contributed by atoms with Crippen LogP contribution in [0.4, 0.5) is 0 Å². The average Bonchev–Trinajstić information content (AvgIpc) is 2.20. The first kappa shape index (κ1) is 15.0. The van der Waals surface area contributed by atoms with E-state index in [0.717, 1.165) is 6.42 Å². The average molecular weight is 233 g/mol. The van der Waals surface area contributed by atoms with Crippen LogP contribution in [0, 0.1) is 5.92 Å². The lowest BCUT2D eigenvalue weighted by atomic mass is 9.98. The van der Waals surface area contributed by atoms with Crippen molar-refractivity contribution in [3.8, 4) is 0 Å². The molecule has 1 atom stereocenters. The summed E-state index contributed by atoms with van der Waals surface area (Å²) in [6, 6.07) is 0. The summed E-state index contributed by atoms with van der Waals surface area (Å²) in [6.45, 7) is 4.46. The Bertz CT molecular complexity index is 157. The second-order valence-corrected chi connectivity index (χ2v) is 4.98. The Kier molecular flexibility index (Phi) is 10.4. The van der Waals surface area contributed by atoms with E-state index in [4.69, 9.17) is 11.6 Å². The van der Waals surface area contributed by atoms with Gasteiger partial charge >= 0.3 is 0 Å². The molecule has 0 aliphatic heterocycles. The normalized spacial score (nSPS) is 12.7. The van der Waals surface area contributed by atoms with Crippen molar-refractivity contribution in [2.45, 2.75) is 71.6 Å². The van der Waals surface area contributed by atoms with E-state index in [2.05, 4.69) is 13.8 Å². The zero-order valence-corrected chi connectivity index (χ0v) is 11.0. The largest absolute Gasteiger partial charge is 0.281 e. The molecule has 0 bridgehead atoms. The fraction of sp³-hybridized carbons (Fsp3) is 0.923. The summed E-state index contributed by atoms with van der Waals surface area (Å²) in [5.74, 6) is 0.652. The van der Waals surface area contributed by atoms with Gasteiger partial charge in [-0.2, -0.15) is 0 Å². The highest BCUT2D eigenvalue weighted by Gasteiger charge is 2.04. The molecule has 90 valence electrons. The van der Waals surface area contributed by atoms with Gasteiger partial charge in [-0.15, -0.1) is 0 Å². The summed E-state index contributed by atoms with van der Waals surface area (Å²) >= 11 is 5.30. The molecule has 1 unspecified atom stereocenters. The SMILES string of the molecule is CCCCCCCCC(C)CCC(=O)Cl. The van der Waals surface area contributed by atoms with E-state index in [1.54, 1.807) is 0 Å². The van der Waals surface area contributed by atoms with Gasteiger partial charge in [0.2, 0.25) is 5.24 Å². The highest BCUT2D eigenvalue weighted by atomic mass is 35.5. The van der Waals surface area contributed by atoms with E-state index < -0.39 is 0 Å². The lowest BCUT2D eigenvalue weighted by Gasteiger charge is -2.09.